The molecule has 2 amide bonds. The Morgan fingerprint density at radius 3 is 2.48 bits per heavy atom. The Labute approximate surface area is 297 Å². The van der Waals surface area contributed by atoms with Gasteiger partial charge in [-0.1, -0.05) is 32.9 Å². The number of piperidine rings is 1. The normalized spacial score (nSPS) is 20.2. The number of esters is 1. The number of aromatic nitrogens is 5. The maximum atomic E-state index is 14.0. The first-order valence-corrected chi connectivity index (χ1v) is 17.2. The van der Waals surface area contributed by atoms with Gasteiger partial charge in [0.15, 0.2) is 5.78 Å². The van der Waals surface area contributed by atoms with E-state index in [1.54, 1.807) is 17.0 Å². The summed E-state index contributed by atoms with van der Waals surface area (Å²) in [6, 6.07) is 7.47. The van der Waals surface area contributed by atoms with Gasteiger partial charge in [-0.3, -0.25) is 19.1 Å². The predicted molar refractivity (Wildman–Crippen MR) is 189 cm³/mol. The van der Waals surface area contributed by atoms with Crippen LogP contribution in [0.5, 0.6) is 6.01 Å². The van der Waals surface area contributed by atoms with Crippen LogP contribution in [-0.2, 0) is 27.5 Å². The van der Waals surface area contributed by atoms with Crippen LogP contribution in [0, 0.1) is 11.3 Å². The van der Waals surface area contributed by atoms with Gasteiger partial charge in [0, 0.05) is 48.4 Å². The van der Waals surface area contributed by atoms with Crippen LogP contribution < -0.4 is 15.8 Å². The molecular weight excluding hydrogens is 706 g/mol. The van der Waals surface area contributed by atoms with Crippen LogP contribution in [0.2, 0.25) is 0 Å². The molecule has 0 spiro atoms. The summed E-state index contributed by atoms with van der Waals surface area (Å²) < 4.78 is 7.33. The molecular formula is C35H40BrN9O5. The molecule has 0 radical (unpaired) electrons. The summed E-state index contributed by atoms with van der Waals surface area (Å²) in [5, 5.41) is 8.10. The number of benzene rings is 1. The van der Waals surface area contributed by atoms with Gasteiger partial charge in [0.1, 0.15) is 34.7 Å². The van der Waals surface area contributed by atoms with Crippen LogP contribution in [-0.4, -0.2) is 90.3 Å². The van der Waals surface area contributed by atoms with Gasteiger partial charge >= 0.3 is 12.0 Å². The summed E-state index contributed by atoms with van der Waals surface area (Å²) in [7, 11) is 3.88. The number of likely N-dealkylation sites (tertiary alicyclic amines) is 1. The van der Waals surface area contributed by atoms with Gasteiger partial charge in [0.2, 0.25) is 11.8 Å². The maximum absolute atomic E-state index is 14.0. The Morgan fingerprint density at radius 1 is 1.10 bits per heavy atom. The van der Waals surface area contributed by atoms with E-state index in [4.69, 9.17) is 10.5 Å². The van der Waals surface area contributed by atoms with Gasteiger partial charge < -0.3 is 25.6 Å². The Morgan fingerprint density at radius 2 is 1.82 bits per heavy atom. The minimum Gasteiger partial charge on any atom is -0.390 e. The first-order valence-electron chi connectivity index (χ1n) is 16.4. The number of ketones is 1. The molecule has 262 valence electrons. The minimum atomic E-state index is -0.799. The van der Waals surface area contributed by atoms with Gasteiger partial charge in [0.25, 0.3) is 0 Å². The van der Waals surface area contributed by atoms with E-state index in [0.717, 1.165) is 12.0 Å². The van der Waals surface area contributed by atoms with Crippen LogP contribution in [0.3, 0.4) is 0 Å². The molecule has 1 aliphatic heterocycles. The van der Waals surface area contributed by atoms with Crippen molar-refractivity contribution in [2.75, 3.05) is 19.4 Å². The fourth-order valence-electron chi connectivity index (χ4n) is 6.50. The van der Waals surface area contributed by atoms with Crippen molar-refractivity contribution in [3.05, 3.63) is 58.6 Å². The second kappa shape index (κ2) is 13.6. The van der Waals surface area contributed by atoms with Crippen LogP contribution in [0.15, 0.2) is 47.3 Å². The van der Waals surface area contributed by atoms with Gasteiger partial charge in [-0.05, 0) is 78.0 Å². The number of amides is 2. The van der Waals surface area contributed by atoms with Gasteiger partial charge in [-0.25, -0.2) is 19.7 Å². The number of nitrogens with two attached hydrogens (primary N) is 1. The quantitative estimate of drug-likeness (QED) is 0.130. The van der Waals surface area contributed by atoms with Gasteiger partial charge in [-0.15, -0.1) is 0 Å². The average molecular weight is 747 g/mol. The Hall–Kier alpha value is -4.60. The summed E-state index contributed by atoms with van der Waals surface area (Å²) in [6.45, 7) is 7.58. The zero-order valence-electron chi connectivity index (χ0n) is 28.8. The SMILES string of the molecule is CC(=O)c1nn(CC(=O)N2[C@H](C(=O)Nc3nc(Br)ccc3CN(C)C)C[C@@]3(C)C[C@@H]23)c2ccc(-c3cnc(OC(=O)[C@@H](N)C(C)C)nc3)cc12. The first-order chi connectivity index (χ1) is 23.6. The third kappa shape index (κ3) is 7.02. The first kappa shape index (κ1) is 35.2. The molecule has 3 N–H and O–H groups in total. The molecule has 4 heterocycles. The third-order valence-corrected chi connectivity index (χ3v) is 9.85. The highest BCUT2D eigenvalue weighted by molar-refractivity contribution is 9.10. The van der Waals surface area contributed by atoms with E-state index in [0.29, 0.717) is 45.4 Å². The van der Waals surface area contributed by atoms with E-state index in [1.807, 2.05) is 51.0 Å². The molecule has 2 aliphatic rings. The van der Waals surface area contributed by atoms with Crippen molar-refractivity contribution in [1.29, 1.82) is 0 Å². The van der Waals surface area contributed by atoms with E-state index in [1.165, 1.54) is 24.0 Å². The lowest BCUT2D eigenvalue weighted by Gasteiger charge is -2.27. The highest BCUT2D eigenvalue weighted by Crippen LogP contribution is 2.59. The summed E-state index contributed by atoms with van der Waals surface area (Å²) >= 11 is 3.40. The van der Waals surface area contributed by atoms with E-state index in [9.17, 15) is 19.2 Å². The topological polar surface area (TPSA) is 179 Å². The van der Waals surface area contributed by atoms with Crippen LogP contribution in [0.1, 0.15) is 56.6 Å². The Kier molecular flexibility index (Phi) is 9.59. The summed E-state index contributed by atoms with van der Waals surface area (Å²) in [5.74, 6) is -1.08. The lowest BCUT2D eigenvalue weighted by molar-refractivity contribution is -0.138. The van der Waals surface area contributed by atoms with E-state index >= 15 is 0 Å². The Balaban J connectivity index is 1.23. The standard InChI is InChI=1S/C35H40BrN9O5/c1-18(2)29(37)33(49)50-34-38-14-22(15-39-34)20-7-9-24-23(11-20)30(19(3)46)42-44(24)17-28(47)45-25(12-35(4)13-26(35)45)32(48)41-31-21(16-43(5)6)8-10-27(36)40-31/h7-11,14-15,18,25-26,29H,12-13,16-17,37H2,1-6H3,(H,40,41,48)/t25-,26+,29-,35-/m0/s1. The molecule has 4 aromatic rings. The fraction of sp³-hybridized carbons (Fsp3) is 0.429. The van der Waals surface area contributed by atoms with E-state index < -0.39 is 18.1 Å². The second-order valence-corrected chi connectivity index (χ2v) is 14.8. The summed E-state index contributed by atoms with van der Waals surface area (Å²) in [4.78, 5) is 69.3. The molecule has 1 aliphatic carbocycles. The largest absolute Gasteiger partial charge is 0.390 e. The highest BCUT2D eigenvalue weighted by atomic mass is 79.9. The molecule has 2 fully saturated rings. The number of anilines is 1. The number of ether oxygens (including phenoxy) is 1. The monoisotopic (exact) mass is 745 g/mol. The Bertz CT molecular complexity index is 2000. The number of pyridine rings is 1. The van der Waals surface area contributed by atoms with Crippen molar-refractivity contribution in [3.8, 4) is 17.1 Å². The molecule has 4 atom stereocenters. The van der Waals surface area contributed by atoms with Crippen molar-refractivity contribution in [1.82, 2.24) is 34.5 Å². The molecule has 50 heavy (non-hydrogen) atoms. The number of hydrogen-bond donors (Lipinski definition) is 2. The van der Waals surface area contributed by atoms with Crippen LogP contribution in [0.4, 0.5) is 5.82 Å². The van der Waals surface area contributed by atoms with Crippen LogP contribution in [0.25, 0.3) is 22.0 Å². The number of Topliss-reactive ketones (excluding diaryl/α,β-unsaturated/α-hetero) is 1. The fourth-order valence-corrected chi connectivity index (χ4v) is 6.81. The molecule has 0 bridgehead atoms. The number of rotatable bonds is 11. The molecule has 1 saturated heterocycles. The van der Waals surface area contributed by atoms with Crippen LogP contribution >= 0.6 is 15.9 Å². The molecule has 1 saturated carbocycles. The van der Waals surface area contributed by atoms with Crippen molar-refractivity contribution in [3.63, 3.8) is 0 Å². The van der Waals surface area contributed by atoms with Gasteiger partial charge in [0.05, 0.1) is 5.52 Å². The molecule has 0 unspecified atom stereocenters. The number of hydrogen-bond acceptors (Lipinski definition) is 11. The molecule has 1 aromatic carbocycles. The van der Waals surface area contributed by atoms with Crippen molar-refractivity contribution >= 4 is 56.2 Å². The molecule has 15 heteroatoms. The minimum absolute atomic E-state index is 0.0634. The average Bonchev–Trinajstić information content (AvgIpc) is 3.42. The number of nitrogens with zero attached hydrogens (tertiary/aromatic N) is 7. The molecule has 6 rings (SSSR count). The van der Waals surface area contributed by atoms with E-state index in [-0.39, 0.29) is 53.2 Å². The number of carbonyl (C=O) groups is 4. The predicted octanol–water partition coefficient (Wildman–Crippen LogP) is 3.82. The zero-order valence-corrected chi connectivity index (χ0v) is 30.4. The molecule has 3 aromatic heterocycles. The van der Waals surface area contributed by atoms with Crippen molar-refractivity contribution < 1.29 is 23.9 Å². The lowest BCUT2D eigenvalue weighted by atomic mass is 10.0. The molecule has 14 nitrogen and oxygen atoms in total. The summed E-state index contributed by atoms with van der Waals surface area (Å²) in [6.07, 6.45) is 4.38. The van der Waals surface area contributed by atoms with E-state index in [2.05, 4.69) is 48.2 Å². The smallest absolute Gasteiger partial charge is 0.330 e. The lowest BCUT2D eigenvalue weighted by Crippen LogP contribution is -2.47. The number of carbonyl (C=O) groups excluding carboxylic acids is 4. The summed E-state index contributed by atoms with van der Waals surface area (Å²) in [5.41, 5.74) is 8.69. The maximum Gasteiger partial charge on any atom is 0.330 e. The number of nitrogens with one attached hydrogen (secondary N) is 1. The number of halogens is 1. The van der Waals surface area contributed by atoms with Crippen molar-refractivity contribution in [2.24, 2.45) is 17.1 Å². The zero-order chi connectivity index (χ0) is 36.1. The van der Waals surface area contributed by atoms with Crippen molar-refractivity contribution in [2.45, 2.75) is 71.8 Å². The second-order valence-electron chi connectivity index (χ2n) is 14.0. The number of fused-ring (bicyclic) bond motifs is 2. The highest BCUT2D eigenvalue weighted by Gasteiger charge is 2.64. The third-order valence-electron chi connectivity index (χ3n) is 9.41. The van der Waals surface area contributed by atoms with Gasteiger partial charge in [-0.2, -0.15) is 5.10 Å².